The molecule has 1 aliphatic carbocycles. The topological polar surface area (TPSA) is 48.9 Å². The van der Waals surface area contributed by atoms with E-state index in [-0.39, 0.29) is 0 Å². The molecule has 5 nitrogen and oxygen atoms in total. The van der Waals surface area contributed by atoms with E-state index in [1.165, 1.54) is 58.0 Å². The number of aliphatic imine (C=N–C) groups is 1. The Hall–Kier alpha value is -0.810. The van der Waals surface area contributed by atoms with Gasteiger partial charge in [0.25, 0.3) is 0 Å². The maximum absolute atomic E-state index is 5.96. The summed E-state index contributed by atoms with van der Waals surface area (Å²) in [5, 5.41) is 6.87. The van der Waals surface area contributed by atoms with Crippen LogP contribution in [0, 0.1) is 5.92 Å². The molecule has 1 unspecified atom stereocenters. The van der Waals surface area contributed by atoms with Crippen molar-refractivity contribution in [1.29, 1.82) is 0 Å². The Kier molecular flexibility index (Phi) is 8.76. The Morgan fingerprint density at radius 2 is 1.96 bits per heavy atom. The molecule has 0 aromatic rings. The Morgan fingerprint density at radius 1 is 1.13 bits per heavy atom. The normalized spacial score (nSPS) is 24.6. The van der Waals surface area contributed by atoms with Crippen LogP contribution in [0.4, 0.5) is 0 Å². The van der Waals surface area contributed by atoms with Crippen molar-refractivity contribution in [3.63, 3.8) is 0 Å². The van der Waals surface area contributed by atoms with Gasteiger partial charge < -0.3 is 20.3 Å². The SMILES string of the molecule is CN=C(NCCCOC1CCCCC1)NCC1CCCN(C)C1. The van der Waals surface area contributed by atoms with Gasteiger partial charge in [-0.25, -0.2) is 0 Å². The van der Waals surface area contributed by atoms with Crippen LogP contribution in [0.25, 0.3) is 0 Å². The van der Waals surface area contributed by atoms with Crippen LogP contribution in [0.1, 0.15) is 51.4 Å². The number of nitrogens with zero attached hydrogens (tertiary/aromatic N) is 2. The van der Waals surface area contributed by atoms with Crippen LogP contribution in [0.15, 0.2) is 4.99 Å². The molecule has 2 N–H and O–H groups in total. The van der Waals surface area contributed by atoms with Crippen molar-refractivity contribution < 1.29 is 4.74 Å². The predicted molar refractivity (Wildman–Crippen MR) is 97.0 cm³/mol. The molecule has 0 radical (unpaired) electrons. The molecule has 0 spiro atoms. The molecular formula is C18H36N4O. The number of hydrogen-bond acceptors (Lipinski definition) is 3. The minimum atomic E-state index is 0.518. The number of hydrogen-bond donors (Lipinski definition) is 2. The molecule has 0 bridgehead atoms. The summed E-state index contributed by atoms with van der Waals surface area (Å²) in [6.07, 6.45) is 10.8. The van der Waals surface area contributed by atoms with E-state index in [1.807, 2.05) is 7.05 Å². The average Bonchev–Trinajstić information content (AvgIpc) is 2.58. The van der Waals surface area contributed by atoms with Crippen molar-refractivity contribution >= 4 is 5.96 Å². The van der Waals surface area contributed by atoms with E-state index in [4.69, 9.17) is 4.74 Å². The van der Waals surface area contributed by atoms with Crippen LogP contribution in [0.3, 0.4) is 0 Å². The average molecular weight is 325 g/mol. The quantitative estimate of drug-likeness (QED) is 0.428. The molecule has 1 atom stereocenters. The predicted octanol–water partition coefficient (Wildman–Crippen LogP) is 2.23. The maximum atomic E-state index is 5.96. The summed E-state index contributed by atoms with van der Waals surface area (Å²) in [6, 6.07) is 0. The number of guanidine groups is 1. The Labute approximate surface area is 142 Å². The van der Waals surface area contributed by atoms with E-state index in [9.17, 15) is 0 Å². The van der Waals surface area contributed by atoms with E-state index in [1.54, 1.807) is 0 Å². The van der Waals surface area contributed by atoms with Gasteiger partial charge in [0.2, 0.25) is 0 Å². The molecule has 1 heterocycles. The third-order valence-electron chi connectivity index (χ3n) is 5.02. The number of rotatable bonds is 7. The summed E-state index contributed by atoms with van der Waals surface area (Å²) in [4.78, 5) is 6.74. The molecule has 1 aliphatic heterocycles. The minimum Gasteiger partial charge on any atom is -0.378 e. The minimum absolute atomic E-state index is 0.518. The lowest BCUT2D eigenvalue weighted by atomic mass is 9.98. The molecule has 2 aliphatic rings. The molecule has 2 fully saturated rings. The number of likely N-dealkylation sites (tertiary alicyclic amines) is 1. The summed E-state index contributed by atoms with van der Waals surface area (Å²) >= 11 is 0. The third kappa shape index (κ3) is 7.53. The Bertz CT molecular complexity index is 342. The van der Waals surface area contributed by atoms with Gasteiger partial charge in [-0.15, -0.1) is 0 Å². The zero-order chi connectivity index (χ0) is 16.3. The van der Waals surface area contributed by atoms with Crippen LogP contribution >= 0.6 is 0 Å². The number of piperidine rings is 1. The highest BCUT2D eigenvalue weighted by molar-refractivity contribution is 5.79. The zero-order valence-corrected chi connectivity index (χ0v) is 15.1. The van der Waals surface area contributed by atoms with Crippen LogP contribution in [0.2, 0.25) is 0 Å². The fraction of sp³-hybridized carbons (Fsp3) is 0.944. The van der Waals surface area contributed by atoms with Gasteiger partial charge in [-0.1, -0.05) is 19.3 Å². The van der Waals surface area contributed by atoms with Crippen LogP contribution in [-0.2, 0) is 4.74 Å². The molecule has 0 aromatic carbocycles. The maximum Gasteiger partial charge on any atom is 0.190 e. The van der Waals surface area contributed by atoms with Crippen LogP contribution in [0.5, 0.6) is 0 Å². The van der Waals surface area contributed by atoms with Crippen molar-refractivity contribution in [2.24, 2.45) is 10.9 Å². The number of nitrogens with one attached hydrogen (secondary N) is 2. The molecule has 134 valence electrons. The summed E-state index contributed by atoms with van der Waals surface area (Å²) in [5.41, 5.74) is 0. The fourth-order valence-electron chi connectivity index (χ4n) is 3.66. The number of ether oxygens (including phenoxy) is 1. The molecular weight excluding hydrogens is 288 g/mol. The highest BCUT2D eigenvalue weighted by Crippen LogP contribution is 2.20. The molecule has 5 heteroatoms. The van der Waals surface area contributed by atoms with E-state index in [0.29, 0.717) is 6.10 Å². The first-order chi connectivity index (χ1) is 11.3. The van der Waals surface area contributed by atoms with E-state index >= 15 is 0 Å². The van der Waals surface area contributed by atoms with Crippen molar-refractivity contribution in [3.05, 3.63) is 0 Å². The second-order valence-corrected chi connectivity index (χ2v) is 7.13. The smallest absolute Gasteiger partial charge is 0.190 e. The van der Waals surface area contributed by atoms with Gasteiger partial charge in [-0.05, 0) is 51.6 Å². The van der Waals surface area contributed by atoms with Crippen LogP contribution in [-0.4, -0.2) is 63.8 Å². The second-order valence-electron chi connectivity index (χ2n) is 7.13. The van der Waals surface area contributed by atoms with E-state index in [0.717, 1.165) is 38.0 Å². The Morgan fingerprint density at radius 3 is 2.70 bits per heavy atom. The lowest BCUT2D eigenvalue weighted by Gasteiger charge is -2.30. The monoisotopic (exact) mass is 324 g/mol. The lowest BCUT2D eigenvalue weighted by molar-refractivity contribution is 0.0277. The lowest BCUT2D eigenvalue weighted by Crippen LogP contribution is -2.43. The van der Waals surface area contributed by atoms with E-state index < -0.39 is 0 Å². The standard InChI is InChI=1S/C18H36N4O/c1-19-18(21-14-16-8-6-12-22(2)15-16)20-11-7-13-23-17-9-4-3-5-10-17/h16-17H,3-15H2,1-2H3,(H2,19,20,21). The van der Waals surface area contributed by atoms with Gasteiger partial charge in [0, 0.05) is 33.3 Å². The Balaban J connectivity index is 1.50. The van der Waals surface area contributed by atoms with Gasteiger partial charge >= 0.3 is 0 Å². The molecule has 23 heavy (non-hydrogen) atoms. The van der Waals surface area contributed by atoms with Crippen LogP contribution < -0.4 is 10.6 Å². The summed E-state index contributed by atoms with van der Waals surface area (Å²) in [7, 11) is 4.06. The van der Waals surface area contributed by atoms with Gasteiger partial charge in [0.1, 0.15) is 0 Å². The zero-order valence-electron chi connectivity index (χ0n) is 15.1. The van der Waals surface area contributed by atoms with Gasteiger partial charge in [-0.3, -0.25) is 4.99 Å². The first-order valence-electron chi connectivity index (χ1n) is 9.52. The van der Waals surface area contributed by atoms with Gasteiger partial charge in [0.05, 0.1) is 6.10 Å². The molecule has 0 aromatic heterocycles. The first kappa shape index (κ1) is 18.5. The highest BCUT2D eigenvalue weighted by Gasteiger charge is 2.17. The fourth-order valence-corrected chi connectivity index (χ4v) is 3.66. The van der Waals surface area contributed by atoms with Gasteiger partial charge in [0.15, 0.2) is 5.96 Å². The van der Waals surface area contributed by atoms with Crippen molar-refractivity contribution in [3.8, 4) is 0 Å². The largest absolute Gasteiger partial charge is 0.378 e. The van der Waals surface area contributed by atoms with Gasteiger partial charge in [-0.2, -0.15) is 0 Å². The molecule has 1 saturated carbocycles. The van der Waals surface area contributed by atoms with Crippen molar-refractivity contribution in [1.82, 2.24) is 15.5 Å². The first-order valence-corrected chi connectivity index (χ1v) is 9.52. The summed E-state index contributed by atoms with van der Waals surface area (Å²) < 4.78 is 5.96. The third-order valence-corrected chi connectivity index (χ3v) is 5.02. The molecule has 0 amide bonds. The second kappa shape index (κ2) is 10.9. The molecule has 2 rings (SSSR count). The van der Waals surface area contributed by atoms with Crippen molar-refractivity contribution in [2.75, 3.05) is 46.9 Å². The molecule has 1 saturated heterocycles. The summed E-state index contributed by atoms with van der Waals surface area (Å²) in [6.45, 7) is 5.24. The highest BCUT2D eigenvalue weighted by atomic mass is 16.5. The van der Waals surface area contributed by atoms with E-state index in [2.05, 4.69) is 27.6 Å². The van der Waals surface area contributed by atoms with Crippen molar-refractivity contribution in [2.45, 2.75) is 57.5 Å². The summed E-state index contributed by atoms with van der Waals surface area (Å²) in [5.74, 6) is 1.66.